The number of aromatic nitrogens is 2. The number of methoxy groups -OCH3 is 1. The van der Waals surface area contributed by atoms with Gasteiger partial charge in [-0.05, 0) is 32.2 Å². The van der Waals surface area contributed by atoms with Crippen molar-refractivity contribution >= 4 is 11.8 Å². The van der Waals surface area contributed by atoms with Crippen molar-refractivity contribution in [1.29, 1.82) is 0 Å². The SMILES string of the molecule is COC(=O)c1nc(C)cc(N2CCC(CN)CC2)n1. The van der Waals surface area contributed by atoms with Crippen molar-refractivity contribution in [1.82, 2.24) is 9.97 Å². The molecule has 6 heteroatoms. The van der Waals surface area contributed by atoms with Crippen molar-refractivity contribution in [3.8, 4) is 0 Å². The number of rotatable bonds is 3. The minimum absolute atomic E-state index is 0.124. The van der Waals surface area contributed by atoms with Crippen LogP contribution in [0.3, 0.4) is 0 Å². The number of carbonyl (C=O) groups excluding carboxylic acids is 1. The molecule has 0 unspecified atom stereocenters. The Hall–Kier alpha value is -1.69. The third-order valence-electron chi connectivity index (χ3n) is 3.48. The molecule has 1 aromatic rings. The lowest BCUT2D eigenvalue weighted by Gasteiger charge is -2.32. The molecule has 1 fully saturated rings. The molecule has 1 saturated heterocycles. The highest BCUT2D eigenvalue weighted by atomic mass is 16.5. The topological polar surface area (TPSA) is 81.3 Å². The number of carbonyl (C=O) groups is 1. The van der Waals surface area contributed by atoms with E-state index >= 15 is 0 Å². The summed E-state index contributed by atoms with van der Waals surface area (Å²) in [5.74, 6) is 1.02. The average molecular weight is 264 g/mol. The zero-order valence-electron chi connectivity index (χ0n) is 11.4. The number of hydrogen-bond acceptors (Lipinski definition) is 6. The highest BCUT2D eigenvalue weighted by molar-refractivity contribution is 5.85. The summed E-state index contributed by atoms with van der Waals surface area (Å²) < 4.78 is 4.67. The number of anilines is 1. The molecular weight excluding hydrogens is 244 g/mol. The molecule has 0 bridgehead atoms. The number of nitrogens with zero attached hydrogens (tertiary/aromatic N) is 3. The Morgan fingerprint density at radius 3 is 2.74 bits per heavy atom. The van der Waals surface area contributed by atoms with E-state index in [0.717, 1.165) is 44.0 Å². The van der Waals surface area contributed by atoms with E-state index in [0.29, 0.717) is 5.92 Å². The van der Waals surface area contributed by atoms with Crippen LogP contribution in [0.5, 0.6) is 0 Å². The van der Waals surface area contributed by atoms with Gasteiger partial charge in [-0.15, -0.1) is 0 Å². The summed E-state index contributed by atoms with van der Waals surface area (Å²) in [5, 5.41) is 0. The molecule has 0 saturated carbocycles. The highest BCUT2D eigenvalue weighted by Gasteiger charge is 2.21. The maximum atomic E-state index is 11.5. The van der Waals surface area contributed by atoms with Crippen molar-refractivity contribution < 1.29 is 9.53 Å². The molecule has 0 aliphatic carbocycles. The van der Waals surface area contributed by atoms with Crippen LogP contribution in [0.2, 0.25) is 0 Å². The average Bonchev–Trinajstić information content (AvgIpc) is 2.45. The summed E-state index contributed by atoms with van der Waals surface area (Å²) in [6.45, 7) is 4.42. The molecule has 0 spiro atoms. The molecule has 2 rings (SSSR count). The summed E-state index contributed by atoms with van der Waals surface area (Å²) in [5.41, 5.74) is 6.46. The van der Waals surface area contributed by atoms with E-state index in [1.54, 1.807) is 0 Å². The maximum Gasteiger partial charge on any atom is 0.376 e. The molecule has 6 nitrogen and oxygen atoms in total. The standard InChI is InChI=1S/C13H20N4O2/c1-9-7-11(16-12(15-9)13(18)19-2)17-5-3-10(8-14)4-6-17/h7,10H,3-6,8,14H2,1-2H3. The van der Waals surface area contributed by atoms with E-state index in [1.165, 1.54) is 7.11 Å². The van der Waals surface area contributed by atoms with Crippen LogP contribution in [0.15, 0.2) is 6.07 Å². The van der Waals surface area contributed by atoms with Gasteiger partial charge in [-0.2, -0.15) is 0 Å². The zero-order chi connectivity index (χ0) is 13.8. The second kappa shape index (κ2) is 5.97. The van der Waals surface area contributed by atoms with Crippen LogP contribution in [0, 0.1) is 12.8 Å². The number of piperidine rings is 1. The summed E-state index contributed by atoms with van der Waals surface area (Å²) >= 11 is 0. The van der Waals surface area contributed by atoms with Crippen molar-refractivity contribution in [2.75, 3.05) is 31.6 Å². The molecule has 104 valence electrons. The minimum Gasteiger partial charge on any atom is -0.463 e. The number of hydrogen-bond donors (Lipinski definition) is 1. The smallest absolute Gasteiger partial charge is 0.376 e. The molecule has 0 atom stereocenters. The summed E-state index contributed by atoms with van der Waals surface area (Å²) in [4.78, 5) is 22.1. The van der Waals surface area contributed by atoms with Crippen LogP contribution in [0.25, 0.3) is 0 Å². The van der Waals surface area contributed by atoms with Crippen LogP contribution in [-0.2, 0) is 4.74 Å². The second-order valence-corrected chi connectivity index (χ2v) is 4.85. The molecule has 0 aromatic carbocycles. The number of esters is 1. The Morgan fingerprint density at radius 2 is 2.16 bits per heavy atom. The zero-order valence-corrected chi connectivity index (χ0v) is 11.4. The van der Waals surface area contributed by atoms with Gasteiger partial charge in [0.15, 0.2) is 0 Å². The molecular formula is C13H20N4O2. The van der Waals surface area contributed by atoms with E-state index in [-0.39, 0.29) is 5.82 Å². The van der Waals surface area contributed by atoms with Gasteiger partial charge in [-0.25, -0.2) is 14.8 Å². The molecule has 2 heterocycles. The van der Waals surface area contributed by atoms with Crippen LogP contribution >= 0.6 is 0 Å². The van der Waals surface area contributed by atoms with Gasteiger partial charge < -0.3 is 15.4 Å². The first-order valence-electron chi connectivity index (χ1n) is 6.53. The first-order valence-corrected chi connectivity index (χ1v) is 6.53. The molecule has 1 aromatic heterocycles. The van der Waals surface area contributed by atoms with E-state index in [1.807, 2.05) is 13.0 Å². The lowest BCUT2D eigenvalue weighted by Crippen LogP contribution is -2.36. The summed E-state index contributed by atoms with van der Waals surface area (Å²) in [6, 6.07) is 1.90. The predicted molar refractivity (Wildman–Crippen MR) is 72.1 cm³/mol. The third-order valence-corrected chi connectivity index (χ3v) is 3.48. The Balaban J connectivity index is 2.16. The predicted octanol–water partition coefficient (Wildman–Crippen LogP) is 0.747. The van der Waals surface area contributed by atoms with E-state index in [9.17, 15) is 4.79 Å². The summed E-state index contributed by atoms with van der Waals surface area (Å²) in [7, 11) is 1.33. The largest absolute Gasteiger partial charge is 0.463 e. The van der Waals surface area contributed by atoms with Crippen molar-refractivity contribution in [3.05, 3.63) is 17.6 Å². The Morgan fingerprint density at radius 1 is 1.47 bits per heavy atom. The fraction of sp³-hybridized carbons (Fsp3) is 0.615. The fourth-order valence-corrected chi connectivity index (χ4v) is 2.29. The van der Waals surface area contributed by atoms with Crippen LogP contribution in [0.1, 0.15) is 29.2 Å². The minimum atomic E-state index is -0.498. The first-order chi connectivity index (χ1) is 9.13. The van der Waals surface area contributed by atoms with Gasteiger partial charge in [0.1, 0.15) is 5.82 Å². The van der Waals surface area contributed by atoms with E-state index in [2.05, 4.69) is 19.6 Å². The Bertz CT molecular complexity index is 456. The maximum absolute atomic E-state index is 11.5. The van der Waals surface area contributed by atoms with Gasteiger partial charge in [0.25, 0.3) is 0 Å². The van der Waals surface area contributed by atoms with E-state index in [4.69, 9.17) is 5.73 Å². The van der Waals surface area contributed by atoms with Crippen molar-refractivity contribution in [3.63, 3.8) is 0 Å². The van der Waals surface area contributed by atoms with Gasteiger partial charge >= 0.3 is 5.97 Å². The Labute approximate surface area is 113 Å². The molecule has 0 radical (unpaired) electrons. The lowest BCUT2D eigenvalue weighted by molar-refractivity contribution is 0.0586. The fourth-order valence-electron chi connectivity index (χ4n) is 2.29. The van der Waals surface area contributed by atoms with Crippen LogP contribution in [0.4, 0.5) is 5.82 Å². The van der Waals surface area contributed by atoms with Gasteiger partial charge in [0.2, 0.25) is 5.82 Å². The van der Waals surface area contributed by atoms with Gasteiger partial charge in [0.05, 0.1) is 7.11 Å². The monoisotopic (exact) mass is 264 g/mol. The van der Waals surface area contributed by atoms with Gasteiger partial charge in [0, 0.05) is 24.8 Å². The molecule has 1 aliphatic rings. The van der Waals surface area contributed by atoms with Crippen LogP contribution < -0.4 is 10.6 Å². The number of ether oxygens (including phenoxy) is 1. The highest BCUT2D eigenvalue weighted by Crippen LogP contribution is 2.21. The van der Waals surface area contributed by atoms with Crippen molar-refractivity contribution in [2.45, 2.75) is 19.8 Å². The third kappa shape index (κ3) is 3.20. The summed E-state index contributed by atoms with van der Waals surface area (Å²) in [6.07, 6.45) is 2.13. The first kappa shape index (κ1) is 13.7. The number of nitrogens with two attached hydrogens (primary N) is 1. The second-order valence-electron chi connectivity index (χ2n) is 4.85. The molecule has 2 N–H and O–H groups in total. The molecule has 0 amide bonds. The van der Waals surface area contributed by atoms with Gasteiger partial charge in [-0.1, -0.05) is 0 Å². The Kier molecular flexibility index (Phi) is 4.31. The number of aryl methyl sites for hydroxylation is 1. The van der Waals surface area contributed by atoms with Crippen molar-refractivity contribution in [2.24, 2.45) is 11.7 Å². The van der Waals surface area contributed by atoms with Crippen LogP contribution in [-0.4, -0.2) is 42.7 Å². The normalized spacial score (nSPS) is 16.5. The molecule has 19 heavy (non-hydrogen) atoms. The van der Waals surface area contributed by atoms with Gasteiger partial charge in [-0.3, -0.25) is 0 Å². The lowest BCUT2D eigenvalue weighted by atomic mass is 9.97. The van der Waals surface area contributed by atoms with E-state index < -0.39 is 5.97 Å². The quantitative estimate of drug-likeness (QED) is 0.811. The molecule has 1 aliphatic heterocycles.